The van der Waals surface area contributed by atoms with Crippen LogP contribution in [-0.2, 0) is 0 Å². The lowest BCUT2D eigenvalue weighted by molar-refractivity contribution is 0.102. The topological polar surface area (TPSA) is 93.9 Å². The van der Waals surface area contributed by atoms with E-state index in [2.05, 4.69) is 31.6 Å². The zero-order chi connectivity index (χ0) is 20.1. The van der Waals surface area contributed by atoms with Gasteiger partial charge in [0.05, 0.1) is 11.6 Å². The zero-order valence-electron chi connectivity index (χ0n) is 15.8. The first-order chi connectivity index (χ1) is 14.2. The molecule has 1 saturated heterocycles. The van der Waals surface area contributed by atoms with E-state index in [-0.39, 0.29) is 11.6 Å². The van der Waals surface area contributed by atoms with Crippen molar-refractivity contribution in [1.29, 1.82) is 5.26 Å². The van der Waals surface area contributed by atoms with Crippen molar-refractivity contribution in [1.82, 2.24) is 9.97 Å². The summed E-state index contributed by atoms with van der Waals surface area (Å²) in [5.41, 5.74) is 3.47. The van der Waals surface area contributed by atoms with Crippen molar-refractivity contribution in [3.05, 3.63) is 72.1 Å². The van der Waals surface area contributed by atoms with Crippen molar-refractivity contribution >= 4 is 28.9 Å². The van der Waals surface area contributed by atoms with Crippen molar-refractivity contribution in [2.75, 3.05) is 28.6 Å². The number of nitriles is 1. The molecule has 0 unspecified atom stereocenters. The fraction of sp³-hybridized carbons (Fsp3) is 0.182. The zero-order valence-corrected chi connectivity index (χ0v) is 15.8. The third kappa shape index (κ3) is 4.50. The maximum atomic E-state index is 12.6. The Balaban J connectivity index is 1.42. The average molecular weight is 384 g/mol. The van der Waals surface area contributed by atoms with Crippen LogP contribution in [0.25, 0.3) is 0 Å². The highest BCUT2D eigenvalue weighted by Crippen LogP contribution is 2.22. The van der Waals surface area contributed by atoms with E-state index in [9.17, 15) is 4.79 Å². The summed E-state index contributed by atoms with van der Waals surface area (Å²) in [7, 11) is 0. The molecule has 1 fully saturated rings. The van der Waals surface area contributed by atoms with E-state index >= 15 is 0 Å². The number of amides is 1. The van der Waals surface area contributed by atoms with E-state index < -0.39 is 0 Å². The van der Waals surface area contributed by atoms with Gasteiger partial charge in [-0.15, -0.1) is 0 Å². The van der Waals surface area contributed by atoms with Gasteiger partial charge in [0.1, 0.15) is 5.69 Å². The quantitative estimate of drug-likeness (QED) is 0.692. The van der Waals surface area contributed by atoms with Crippen LogP contribution in [0.2, 0.25) is 0 Å². The third-order valence-corrected chi connectivity index (χ3v) is 4.75. The summed E-state index contributed by atoms with van der Waals surface area (Å²) in [6, 6.07) is 18.4. The molecular weight excluding hydrogens is 364 g/mol. The molecule has 2 aromatic carbocycles. The summed E-state index contributed by atoms with van der Waals surface area (Å²) in [5, 5.41) is 14.8. The second-order valence-electron chi connectivity index (χ2n) is 6.77. The van der Waals surface area contributed by atoms with E-state index in [1.807, 2.05) is 24.3 Å². The lowest BCUT2D eigenvalue weighted by Crippen LogP contribution is -2.18. The van der Waals surface area contributed by atoms with Crippen molar-refractivity contribution in [3.8, 4) is 6.07 Å². The van der Waals surface area contributed by atoms with Crippen LogP contribution < -0.4 is 15.5 Å². The summed E-state index contributed by atoms with van der Waals surface area (Å²) in [5.74, 6) is 0.0101. The molecule has 3 aromatic rings. The Morgan fingerprint density at radius 3 is 2.34 bits per heavy atom. The molecule has 29 heavy (non-hydrogen) atoms. The number of benzene rings is 2. The summed E-state index contributed by atoms with van der Waals surface area (Å²) in [6.45, 7) is 2.17. The van der Waals surface area contributed by atoms with Crippen molar-refractivity contribution in [2.24, 2.45) is 0 Å². The van der Waals surface area contributed by atoms with Crippen LogP contribution in [0, 0.1) is 11.3 Å². The van der Waals surface area contributed by atoms with Crippen LogP contribution >= 0.6 is 0 Å². The number of anilines is 4. The number of carbonyl (C=O) groups is 1. The summed E-state index contributed by atoms with van der Waals surface area (Å²) in [6.07, 6.45) is 3.99. The number of hydrogen-bond acceptors (Lipinski definition) is 6. The highest BCUT2D eigenvalue weighted by atomic mass is 16.1. The van der Waals surface area contributed by atoms with Gasteiger partial charge in [0.2, 0.25) is 5.95 Å². The minimum atomic E-state index is -0.302. The number of aromatic nitrogens is 2. The second kappa shape index (κ2) is 8.40. The van der Waals surface area contributed by atoms with Crippen LogP contribution in [0.1, 0.15) is 28.9 Å². The van der Waals surface area contributed by atoms with E-state index in [0.717, 1.165) is 24.5 Å². The Morgan fingerprint density at radius 2 is 1.66 bits per heavy atom. The third-order valence-electron chi connectivity index (χ3n) is 4.75. The molecule has 144 valence electrons. The number of nitrogens with zero attached hydrogens (tertiary/aromatic N) is 4. The average Bonchev–Trinajstić information content (AvgIpc) is 3.30. The Hall–Kier alpha value is -3.92. The van der Waals surface area contributed by atoms with Gasteiger partial charge in [0, 0.05) is 36.3 Å². The number of nitrogens with one attached hydrogen (secondary N) is 2. The Kier molecular flexibility index (Phi) is 5.34. The molecule has 1 amide bonds. The lowest BCUT2D eigenvalue weighted by atomic mass is 10.2. The lowest BCUT2D eigenvalue weighted by Gasteiger charge is -2.17. The maximum absolute atomic E-state index is 12.6. The van der Waals surface area contributed by atoms with Crippen LogP contribution in [-0.4, -0.2) is 29.0 Å². The van der Waals surface area contributed by atoms with Crippen molar-refractivity contribution < 1.29 is 4.79 Å². The van der Waals surface area contributed by atoms with E-state index in [1.165, 1.54) is 24.7 Å². The van der Waals surface area contributed by atoms with Crippen molar-refractivity contribution in [2.45, 2.75) is 12.8 Å². The molecule has 0 bridgehead atoms. The minimum absolute atomic E-state index is 0.264. The number of rotatable bonds is 5. The highest BCUT2D eigenvalue weighted by Gasteiger charge is 2.13. The molecule has 1 aromatic heterocycles. The Bertz CT molecular complexity index is 1030. The Labute approximate surface area is 169 Å². The van der Waals surface area contributed by atoms with Gasteiger partial charge in [-0.25, -0.2) is 9.97 Å². The standard InChI is InChI=1S/C22H20N6O/c23-15-16-3-5-18(6-4-16)26-22-24-12-11-20(27-22)21(29)25-17-7-9-19(10-8-17)28-13-1-2-14-28/h3-12H,1-2,13-14H2,(H,25,29)(H,24,26,27). The summed E-state index contributed by atoms with van der Waals surface area (Å²) in [4.78, 5) is 23.3. The van der Waals surface area contributed by atoms with E-state index in [4.69, 9.17) is 5.26 Å². The van der Waals surface area contributed by atoms with E-state index in [0.29, 0.717) is 11.5 Å². The molecule has 0 atom stereocenters. The maximum Gasteiger partial charge on any atom is 0.274 e. The molecular formula is C22H20N6O. The predicted molar refractivity (Wildman–Crippen MR) is 112 cm³/mol. The minimum Gasteiger partial charge on any atom is -0.372 e. The molecule has 4 rings (SSSR count). The molecule has 2 N–H and O–H groups in total. The first-order valence-electron chi connectivity index (χ1n) is 9.48. The van der Waals surface area contributed by atoms with Gasteiger partial charge in [-0.05, 0) is 67.4 Å². The highest BCUT2D eigenvalue weighted by molar-refractivity contribution is 6.03. The van der Waals surface area contributed by atoms with Gasteiger partial charge in [0.15, 0.2) is 0 Å². The molecule has 2 heterocycles. The van der Waals surface area contributed by atoms with Crippen LogP contribution in [0.15, 0.2) is 60.8 Å². The smallest absolute Gasteiger partial charge is 0.274 e. The fourth-order valence-electron chi connectivity index (χ4n) is 3.23. The molecule has 0 spiro atoms. The largest absolute Gasteiger partial charge is 0.372 e. The fourth-order valence-corrected chi connectivity index (χ4v) is 3.23. The van der Waals surface area contributed by atoms with Crippen molar-refractivity contribution in [3.63, 3.8) is 0 Å². The van der Waals surface area contributed by atoms with Gasteiger partial charge in [-0.1, -0.05) is 0 Å². The van der Waals surface area contributed by atoms with Crippen LogP contribution in [0.3, 0.4) is 0 Å². The molecule has 0 radical (unpaired) electrons. The van der Waals surface area contributed by atoms with Gasteiger partial charge in [-0.2, -0.15) is 5.26 Å². The second-order valence-corrected chi connectivity index (χ2v) is 6.77. The molecule has 0 aliphatic carbocycles. The monoisotopic (exact) mass is 384 g/mol. The molecule has 1 aliphatic rings. The first-order valence-corrected chi connectivity index (χ1v) is 9.48. The number of hydrogen-bond donors (Lipinski definition) is 2. The molecule has 7 nitrogen and oxygen atoms in total. The SMILES string of the molecule is N#Cc1ccc(Nc2nccc(C(=O)Nc3ccc(N4CCCC4)cc3)n2)cc1. The summed E-state index contributed by atoms with van der Waals surface area (Å²) >= 11 is 0. The normalized spacial score (nSPS) is 13.0. The first kappa shape index (κ1) is 18.4. The van der Waals surface area contributed by atoms with Crippen LogP contribution in [0.4, 0.5) is 23.0 Å². The predicted octanol–water partition coefficient (Wildman–Crippen LogP) is 3.94. The van der Waals surface area contributed by atoms with Gasteiger partial charge in [-0.3, -0.25) is 4.79 Å². The van der Waals surface area contributed by atoms with E-state index in [1.54, 1.807) is 30.3 Å². The number of carbonyl (C=O) groups excluding carboxylic acids is 1. The summed E-state index contributed by atoms with van der Waals surface area (Å²) < 4.78 is 0. The molecule has 7 heteroatoms. The van der Waals surface area contributed by atoms with Gasteiger partial charge < -0.3 is 15.5 Å². The van der Waals surface area contributed by atoms with Gasteiger partial charge in [0.25, 0.3) is 5.91 Å². The molecule has 0 saturated carbocycles. The van der Waals surface area contributed by atoms with Gasteiger partial charge >= 0.3 is 0 Å². The molecule has 1 aliphatic heterocycles. The Morgan fingerprint density at radius 1 is 0.966 bits per heavy atom. The van der Waals surface area contributed by atoms with Crippen LogP contribution in [0.5, 0.6) is 0 Å².